The van der Waals surface area contributed by atoms with Crippen molar-refractivity contribution >= 4 is 27.3 Å². The van der Waals surface area contributed by atoms with Crippen molar-refractivity contribution in [3.8, 4) is 11.3 Å². The normalized spacial score (nSPS) is 14.8. The number of carbonyl (C=O) groups is 1. The SMILES string of the molecule is Cc1ccc(S(=O)(=O)N2CCOCC2)cc1C(=O)Nc1ccc(-c2cn3cccc(C)c3n2)cc1. The molecule has 1 saturated heterocycles. The summed E-state index contributed by atoms with van der Waals surface area (Å²) in [6.45, 7) is 5.14. The fraction of sp³-hybridized carbons (Fsp3) is 0.231. The van der Waals surface area contributed by atoms with Gasteiger partial charge in [0.1, 0.15) is 5.65 Å². The molecular formula is C26H26N4O4S. The molecule has 1 aliphatic rings. The Kier molecular flexibility index (Phi) is 6.14. The van der Waals surface area contributed by atoms with E-state index >= 15 is 0 Å². The number of imidazole rings is 1. The number of aryl methyl sites for hydroxylation is 2. The van der Waals surface area contributed by atoms with E-state index in [4.69, 9.17) is 9.72 Å². The summed E-state index contributed by atoms with van der Waals surface area (Å²) < 4.78 is 34.7. The number of aromatic nitrogens is 2. The zero-order valence-electron chi connectivity index (χ0n) is 19.6. The Morgan fingerprint density at radius 2 is 1.74 bits per heavy atom. The van der Waals surface area contributed by atoms with Gasteiger partial charge in [-0.2, -0.15) is 4.31 Å². The van der Waals surface area contributed by atoms with Gasteiger partial charge < -0.3 is 14.5 Å². The first-order valence-electron chi connectivity index (χ1n) is 11.4. The number of hydrogen-bond donors (Lipinski definition) is 1. The van der Waals surface area contributed by atoms with Gasteiger partial charge in [0.15, 0.2) is 0 Å². The molecule has 0 spiro atoms. The van der Waals surface area contributed by atoms with E-state index in [0.717, 1.165) is 22.5 Å². The fourth-order valence-corrected chi connectivity index (χ4v) is 5.59. The summed E-state index contributed by atoms with van der Waals surface area (Å²) in [5.41, 5.74) is 5.40. The molecule has 0 saturated carbocycles. The minimum absolute atomic E-state index is 0.104. The number of hydrogen-bond acceptors (Lipinski definition) is 5. The van der Waals surface area contributed by atoms with Crippen molar-refractivity contribution in [1.29, 1.82) is 0 Å². The van der Waals surface area contributed by atoms with E-state index in [0.29, 0.717) is 43.1 Å². The first-order valence-corrected chi connectivity index (χ1v) is 12.8. The summed E-state index contributed by atoms with van der Waals surface area (Å²) in [6.07, 6.45) is 3.93. The molecule has 9 heteroatoms. The quantitative estimate of drug-likeness (QED) is 0.458. The Balaban J connectivity index is 1.35. The molecule has 1 aliphatic heterocycles. The van der Waals surface area contributed by atoms with Crippen molar-refractivity contribution in [2.75, 3.05) is 31.6 Å². The van der Waals surface area contributed by atoms with E-state index in [1.807, 2.05) is 60.1 Å². The summed E-state index contributed by atoms with van der Waals surface area (Å²) in [6, 6.07) is 16.1. The lowest BCUT2D eigenvalue weighted by molar-refractivity contribution is 0.0730. The van der Waals surface area contributed by atoms with Crippen LogP contribution in [0.3, 0.4) is 0 Å². The fourth-order valence-electron chi connectivity index (χ4n) is 4.16. The van der Waals surface area contributed by atoms with Gasteiger partial charge >= 0.3 is 0 Å². The van der Waals surface area contributed by atoms with Gasteiger partial charge in [-0.25, -0.2) is 13.4 Å². The molecule has 4 aromatic rings. The number of carbonyl (C=O) groups excluding carboxylic acids is 1. The van der Waals surface area contributed by atoms with Gasteiger partial charge in [-0.15, -0.1) is 0 Å². The van der Waals surface area contributed by atoms with Crippen LogP contribution in [0.1, 0.15) is 21.5 Å². The number of nitrogens with one attached hydrogen (secondary N) is 1. The average Bonchev–Trinajstić information content (AvgIpc) is 3.31. The monoisotopic (exact) mass is 490 g/mol. The highest BCUT2D eigenvalue weighted by Crippen LogP contribution is 2.24. The third-order valence-corrected chi connectivity index (χ3v) is 8.07. The molecule has 1 fully saturated rings. The van der Waals surface area contributed by atoms with Gasteiger partial charge in [-0.3, -0.25) is 4.79 Å². The zero-order valence-corrected chi connectivity index (χ0v) is 20.4. The highest BCUT2D eigenvalue weighted by molar-refractivity contribution is 7.89. The molecule has 2 aromatic heterocycles. The lowest BCUT2D eigenvalue weighted by atomic mass is 10.1. The molecule has 2 aromatic carbocycles. The molecule has 0 unspecified atom stereocenters. The van der Waals surface area contributed by atoms with Crippen LogP contribution in [-0.2, 0) is 14.8 Å². The van der Waals surface area contributed by atoms with Crippen LogP contribution in [0.25, 0.3) is 16.9 Å². The Morgan fingerprint density at radius 3 is 2.46 bits per heavy atom. The molecule has 8 nitrogen and oxygen atoms in total. The highest BCUT2D eigenvalue weighted by Gasteiger charge is 2.27. The van der Waals surface area contributed by atoms with Gasteiger partial charge in [-0.1, -0.05) is 24.3 Å². The number of fused-ring (bicyclic) bond motifs is 1. The predicted octanol–water partition coefficient (Wildman–Crippen LogP) is 3.89. The van der Waals surface area contributed by atoms with Crippen LogP contribution < -0.4 is 5.32 Å². The van der Waals surface area contributed by atoms with E-state index < -0.39 is 10.0 Å². The van der Waals surface area contributed by atoms with Crippen LogP contribution in [0, 0.1) is 13.8 Å². The third-order valence-electron chi connectivity index (χ3n) is 6.18. The van der Waals surface area contributed by atoms with Crippen molar-refractivity contribution in [3.63, 3.8) is 0 Å². The predicted molar refractivity (Wildman–Crippen MR) is 134 cm³/mol. The first-order chi connectivity index (χ1) is 16.8. The summed E-state index contributed by atoms with van der Waals surface area (Å²) in [5.74, 6) is -0.363. The maximum absolute atomic E-state index is 13.0. The smallest absolute Gasteiger partial charge is 0.255 e. The van der Waals surface area contributed by atoms with Crippen LogP contribution in [-0.4, -0.2) is 54.3 Å². The van der Waals surface area contributed by atoms with E-state index in [-0.39, 0.29) is 10.8 Å². The van der Waals surface area contributed by atoms with E-state index in [9.17, 15) is 13.2 Å². The number of sulfonamides is 1. The maximum atomic E-state index is 13.0. The Bertz CT molecular complexity index is 1500. The number of amides is 1. The van der Waals surface area contributed by atoms with Crippen molar-refractivity contribution in [1.82, 2.24) is 13.7 Å². The van der Waals surface area contributed by atoms with E-state index in [1.165, 1.54) is 10.4 Å². The van der Waals surface area contributed by atoms with Crippen molar-refractivity contribution < 1.29 is 17.9 Å². The second-order valence-electron chi connectivity index (χ2n) is 8.57. The second-order valence-corrected chi connectivity index (χ2v) is 10.5. The second kappa shape index (κ2) is 9.26. The lowest BCUT2D eigenvalue weighted by Gasteiger charge is -2.26. The van der Waals surface area contributed by atoms with Gasteiger partial charge in [0.2, 0.25) is 10.0 Å². The Morgan fingerprint density at radius 1 is 1.00 bits per heavy atom. The number of pyridine rings is 1. The molecule has 180 valence electrons. The lowest BCUT2D eigenvalue weighted by Crippen LogP contribution is -2.40. The van der Waals surface area contributed by atoms with E-state index in [2.05, 4.69) is 5.32 Å². The third kappa shape index (κ3) is 4.58. The summed E-state index contributed by atoms with van der Waals surface area (Å²) in [7, 11) is -3.69. The van der Waals surface area contributed by atoms with Crippen LogP contribution in [0.5, 0.6) is 0 Å². The van der Waals surface area contributed by atoms with Crippen molar-refractivity contribution in [2.24, 2.45) is 0 Å². The number of anilines is 1. The van der Waals surface area contributed by atoms with Gasteiger partial charge in [0, 0.05) is 42.3 Å². The number of rotatable bonds is 5. The van der Waals surface area contributed by atoms with E-state index in [1.54, 1.807) is 19.1 Å². The molecule has 1 N–H and O–H groups in total. The molecule has 0 aliphatic carbocycles. The van der Waals surface area contributed by atoms with Crippen LogP contribution >= 0.6 is 0 Å². The molecule has 3 heterocycles. The minimum atomic E-state index is -3.69. The van der Waals surface area contributed by atoms with Crippen LogP contribution in [0.15, 0.2) is 71.9 Å². The molecule has 0 radical (unpaired) electrons. The van der Waals surface area contributed by atoms with Gasteiger partial charge in [-0.05, 0) is 55.3 Å². The zero-order chi connectivity index (χ0) is 24.6. The Labute approximate surface area is 204 Å². The summed E-state index contributed by atoms with van der Waals surface area (Å²) in [4.78, 5) is 17.9. The van der Waals surface area contributed by atoms with Crippen LogP contribution in [0.4, 0.5) is 5.69 Å². The molecular weight excluding hydrogens is 464 g/mol. The summed E-state index contributed by atoms with van der Waals surface area (Å²) >= 11 is 0. The Hall–Kier alpha value is -3.53. The molecule has 0 bridgehead atoms. The highest BCUT2D eigenvalue weighted by atomic mass is 32.2. The number of ether oxygens (including phenoxy) is 1. The number of morpholine rings is 1. The average molecular weight is 491 g/mol. The molecule has 35 heavy (non-hydrogen) atoms. The maximum Gasteiger partial charge on any atom is 0.255 e. The van der Waals surface area contributed by atoms with Gasteiger partial charge in [0.25, 0.3) is 5.91 Å². The van der Waals surface area contributed by atoms with Crippen molar-refractivity contribution in [3.05, 3.63) is 83.7 Å². The number of nitrogens with zero attached hydrogens (tertiary/aromatic N) is 3. The summed E-state index contributed by atoms with van der Waals surface area (Å²) in [5, 5.41) is 2.88. The standard InChI is InChI=1S/C26H26N4O4S/c1-18-5-10-22(35(32,33)30-12-14-34-15-13-30)16-23(18)26(31)27-21-8-6-20(7-9-21)24-17-29-11-3-4-19(2)25(29)28-24/h3-11,16-17H,12-15H2,1-2H3,(H,27,31). The largest absolute Gasteiger partial charge is 0.379 e. The topological polar surface area (TPSA) is 93.0 Å². The molecule has 0 atom stereocenters. The molecule has 1 amide bonds. The van der Waals surface area contributed by atoms with Crippen LogP contribution in [0.2, 0.25) is 0 Å². The first kappa shape index (κ1) is 23.2. The minimum Gasteiger partial charge on any atom is -0.379 e. The number of benzene rings is 2. The molecule has 5 rings (SSSR count). The van der Waals surface area contributed by atoms with Crippen molar-refractivity contribution in [2.45, 2.75) is 18.7 Å². The van der Waals surface area contributed by atoms with Gasteiger partial charge in [0.05, 0.1) is 23.8 Å².